The standard InChI is InChI=1S/C14H16FN3O4S2/c15-9-3-4-11-12(6-9)24(20,21)18-14(17-11)23-8-13(19)16-7-10-2-1-5-22-10/h3-4,6,10H,1-2,5,7-8H2,(H,16,19)(H,17,18)/t10-/m1/s1. The van der Waals surface area contributed by atoms with Crippen molar-refractivity contribution >= 4 is 38.5 Å². The minimum absolute atomic E-state index is 0.0185. The number of carbonyl (C=O) groups excluding carboxylic acids is 1. The van der Waals surface area contributed by atoms with E-state index < -0.39 is 15.8 Å². The molecule has 1 amide bonds. The van der Waals surface area contributed by atoms with Crippen LogP contribution in [0.5, 0.6) is 0 Å². The molecule has 1 atom stereocenters. The number of ether oxygens (including phenoxy) is 1. The molecule has 0 bridgehead atoms. The number of nitrogens with one attached hydrogen (secondary N) is 2. The second-order valence-corrected chi connectivity index (χ2v) is 7.90. The molecule has 1 aromatic rings. The molecule has 0 saturated carbocycles. The first-order valence-corrected chi connectivity index (χ1v) is 9.79. The van der Waals surface area contributed by atoms with Crippen LogP contribution >= 0.6 is 11.8 Å². The zero-order valence-electron chi connectivity index (χ0n) is 12.6. The van der Waals surface area contributed by atoms with Crippen LogP contribution in [-0.2, 0) is 19.6 Å². The summed E-state index contributed by atoms with van der Waals surface area (Å²) < 4.78 is 46.3. The van der Waals surface area contributed by atoms with Crippen LogP contribution in [0.1, 0.15) is 12.8 Å². The molecule has 0 unspecified atom stereocenters. The molecule has 0 aliphatic carbocycles. The molecule has 0 radical (unpaired) electrons. The Labute approximate surface area is 143 Å². The Kier molecular flexibility index (Phi) is 5.07. The lowest BCUT2D eigenvalue weighted by Gasteiger charge is -2.17. The zero-order chi connectivity index (χ0) is 17.2. The van der Waals surface area contributed by atoms with Gasteiger partial charge in [-0.3, -0.25) is 4.79 Å². The Morgan fingerprint density at radius 1 is 1.50 bits per heavy atom. The number of rotatable bonds is 4. The average Bonchev–Trinajstić information content (AvgIpc) is 3.05. The van der Waals surface area contributed by atoms with Gasteiger partial charge in [-0.1, -0.05) is 11.8 Å². The summed E-state index contributed by atoms with van der Waals surface area (Å²) in [5.74, 6) is -0.869. The third kappa shape index (κ3) is 4.05. The second-order valence-electron chi connectivity index (χ2n) is 5.36. The fourth-order valence-electron chi connectivity index (χ4n) is 2.39. The number of anilines is 1. The third-order valence-electron chi connectivity index (χ3n) is 3.56. The highest BCUT2D eigenvalue weighted by molar-refractivity contribution is 8.15. The fourth-order valence-corrected chi connectivity index (χ4v) is 4.47. The summed E-state index contributed by atoms with van der Waals surface area (Å²) in [5, 5.41) is 5.62. The van der Waals surface area contributed by atoms with Crippen molar-refractivity contribution in [3.05, 3.63) is 24.0 Å². The van der Waals surface area contributed by atoms with E-state index in [4.69, 9.17) is 4.74 Å². The van der Waals surface area contributed by atoms with Crippen molar-refractivity contribution in [2.24, 2.45) is 4.40 Å². The van der Waals surface area contributed by atoms with Crippen LogP contribution < -0.4 is 10.6 Å². The van der Waals surface area contributed by atoms with E-state index in [1.54, 1.807) is 0 Å². The van der Waals surface area contributed by atoms with E-state index in [1.165, 1.54) is 6.07 Å². The highest BCUT2D eigenvalue weighted by Crippen LogP contribution is 2.29. The van der Waals surface area contributed by atoms with Gasteiger partial charge in [-0.05, 0) is 31.0 Å². The molecule has 0 spiro atoms. The van der Waals surface area contributed by atoms with Crippen LogP contribution in [0.25, 0.3) is 0 Å². The molecule has 2 N–H and O–H groups in total. The van der Waals surface area contributed by atoms with Gasteiger partial charge >= 0.3 is 0 Å². The fraction of sp³-hybridized carbons (Fsp3) is 0.429. The van der Waals surface area contributed by atoms with E-state index >= 15 is 0 Å². The minimum atomic E-state index is -3.97. The Bertz CT molecular complexity index is 776. The molecule has 24 heavy (non-hydrogen) atoms. The molecular weight excluding hydrogens is 357 g/mol. The summed E-state index contributed by atoms with van der Waals surface area (Å²) in [5.41, 5.74) is 0.244. The maximum atomic E-state index is 13.2. The Morgan fingerprint density at radius 2 is 2.33 bits per heavy atom. The quantitative estimate of drug-likeness (QED) is 0.826. The number of halogens is 1. The van der Waals surface area contributed by atoms with Gasteiger partial charge in [-0.2, -0.15) is 8.42 Å². The molecule has 0 aromatic heterocycles. The lowest BCUT2D eigenvalue weighted by atomic mass is 10.2. The van der Waals surface area contributed by atoms with Gasteiger partial charge in [0.25, 0.3) is 10.0 Å². The van der Waals surface area contributed by atoms with E-state index in [9.17, 15) is 17.6 Å². The maximum Gasteiger partial charge on any atom is 0.286 e. The molecule has 1 aromatic carbocycles. The lowest BCUT2D eigenvalue weighted by Crippen LogP contribution is -2.33. The first kappa shape index (κ1) is 17.2. The molecule has 1 saturated heterocycles. The van der Waals surface area contributed by atoms with Crippen LogP contribution in [0, 0.1) is 5.82 Å². The number of sulfonamides is 1. The van der Waals surface area contributed by atoms with E-state index in [0.717, 1.165) is 36.7 Å². The molecule has 3 rings (SSSR count). The van der Waals surface area contributed by atoms with Gasteiger partial charge in [0, 0.05) is 13.2 Å². The maximum absolute atomic E-state index is 13.2. The van der Waals surface area contributed by atoms with Crippen molar-refractivity contribution in [2.45, 2.75) is 23.8 Å². The monoisotopic (exact) mass is 373 g/mol. The number of benzene rings is 1. The number of amides is 1. The summed E-state index contributed by atoms with van der Waals surface area (Å²) in [6, 6.07) is 3.40. The smallest absolute Gasteiger partial charge is 0.286 e. The van der Waals surface area contributed by atoms with E-state index in [1.807, 2.05) is 0 Å². The molecule has 2 aliphatic heterocycles. The predicted octanol–water partition coefficient (Wildman–Crippen LogP) is 1.32. The summed E-state index contributed by atoms with van der Waals surface area (Å²) in [4.78, 5) is 11.6. The molecule has 7 nitrogen and oxygen atoms in total. The largest absolute Gasteiger partial charge is 0.376 e. The summed E-state index contributed by atoms with van der Waals surface area (Å²) in [7, 11) is -3.97. The average molecular weight is 373 g/mol. The zero-order valence-corrected chi connectivity index (χ0v) is 14.3. The predicted molar refractivity (Wildman–Crippen MR) is 89.1 cm³/mol. The van der Waals surface area contributed by atoms with E-state index in [0.29, 0.717) is 13.2 Å². The number of nitrogens with zero attached hydrogens (tertiary/aromatic N) is 1. The number of amidine groups is 1. The van der Waals surface area contributed by atoms with Gasteiger partial charge in [-0.15, -0.1) is 4.40 Å². The summed E-state index contributed by atoms with van der Waals surface area (Å²) >= 11 is 0.971. The van der Waals surface area contributed by atoms with Gasteiger partial charge in [0.1, 0.15) is 10.7 Å². The number of hydrogen-bond acceptors (Lipinski definition) is 6. The highest BCUT2D eigenvalue weighted by Gasteiger charge is 2.26. The lowest BCUT2D eigenvalue weighted by molar-refractivity contribution is -0.119. The molecule has 2 heterocycles. The number of carbonyl (C=O) groups is 1. The molecule has 130 valence electrons. The minimum Gasteiger partial charge on any atom is -0.376 e. The van der Waals surface area contributed by atoms with Crippen LogP contribution in [0.15, 0.2) is 27.5 Å². The van der Waals surface area contributed by atoms with Gasteiger partial charge in [0.2, 0.25) is 5.91 Å². The molecule has 10 heteroatoms. The van der Waals surface area contributed by atoms with Gasteiger partial charge < -0.3 is 15.4 Å². The Hall–Kier alpha value is -1.65. The van der Waals surface area contributed by atoms with Crippen LogP contribution in [-0.4, -0.2) is 44.5 Å². The van der Waals surface area contributed by atoms with Crippen molar-refractivity contribution < 1.29 is 22.3 Å². The summed E-state index contributed by atoms with van der Waals surface area (Å²) in [6.45, 7) is 1.16. The van der Waals surface area contributed by atoms with Gasteiger partial charge in [0.05, 0.1) is 17.5 Å². The van der Waals surface area contributed by atoms with Crippen LogP contribution in [0.3, 0.4) is 0 Å². The summed E-state index contributed by atoms with van der Waals surface area (Å²) in [6.07, 6.45) is 1.97. The van der Waals surface area contributed by atoms with Crippen molar-refractivity contribution in [3.8, 4) is 0 Å². The van der Waals surface area contributed by atoms with Crippen LogP contribution in [0.4, 0.5) is 10.1 Å². The highest BCUT2D eigenvalue weighted by atomic mass is 32.2. The van der Waals surface area contributed by atoms with Gasteiger partial charge in [0.15, 0.2) is 5.17 Å². The van der Waals surface area contributed by atoms with Crippen LogP contribution in [0.2, 0.25) is 0 Å². The Balaban J connectivity index is 1.57. The number of hydrogen-bond donors (Lipinski definition) is 2. The Morgan fingerprint density at radius 3 is 3.08 bits per heavy atom. The van der Waals surface area contributed by atoms with E-state index in [-0.39, 0.29) is 33.5 Å². The van der Waals surface area contributed by atoms with Gasteiger partial charge in [-0.25, -0.2) is 4.39 Å². The van der Waals surface area contributed by atoms with Crippen molar-refractivity contribution in [3.63, 3.8) is 0 Å². The molecule has 2 aliphatic rings. The SMILES string of the molecule is O=C(CSC1=NS(=O)(=O)c2cc(F)ccc2N1)NC[C@H]1CCCO1. The topological polar surface area (TPSA) is 96.9 Å². The first-order valence-electron chi connectivity index (χ1n) is 7.37. The third-order valence-corrected chi connectivity index (χ3v) is 5.86. The molecular formula is C14H16FN3O4S2. The molecule has 1 fully saturated rings. The number of fused-ring (bicyclic) bond motifs is 1. The van der Waals surface area contributed by atoms with Crippen molar-refractivity contribution in [1.82, 2.24) is 5.32 Å². The van der Waals surface area contributed by atoms with Crippen molar-refractivity contribution in [2.75, 3.05) is 24.2 Å². The number of thioether (sulfide) groups is 1. The second kappa shape index (κ2) is 7.08. The first-order chi connectivity index (χ1) is 11.4. The van der Waals surface area contributed by atoms with E-state index in [2.05, 4.69) is 15.0 Å². The van der Waals surface area contributed by atoms with Crippen molar-refractivity contribution in [1.29, 1.82) is 0 Å². The normalized spacial score (nSPS) is 21.5.